The van der Waals surface area contributed by atoms with Crippen LogP contribution in [0.4, 0.5) is 0 Å². The van der Waals surface area contributed by atoms with Gasteiger partial charge < -0.3 is 4.18 Å². The number of hydrogen-bond donors (Lipinski definition) is 0. The van der Waals surface area contributed by atoms with Crippen molar-refractivity contribution in [1.82, 2.24) is 0 Å². The molecule has 0 aliphatic heterocycles. The number of benzene rings is 1. The van der Waals surface area contributed by atoms with Crippen molar-refractivity contribution in [3.63, 3.8) is 0 Å². The maximum Gasteiger partial charge on any atom is 0.347 e. The highest BCUT2D eigenvalue weighted by Gasteiger charge is 2.13. The quantitative estimate of drug-likeness (QED) is 0.467. The van der Waals surface area contributed by atoms with E-state index in [2.05, 4.69) is 23.1 Å². The first-order chi connectivity index (χ1) is 8.56. The molecule has 0 aliphatic carbocycles. The van der Waals surface area contributed by atoms with Crippen molar-refractivity contribution in [3.05, 3.63) is 29.8 Å². The molecule has 0 heterocycles. The van der Waals surface area contributed by atoms with Gasteiger partial charge in [0, 0.05) is 6.42 Å². The van der Waals surface area contributed by atoms with Crippen molar-refractivity contribution < 1.29 is 12.6 Å². The molecule has 1 aromatic rings. The summed E-state index contributed by atoms with van der Waals surface area (Å²) in [6, 6.07) is 6.49. The molecular weight excluding hydrogens is 248 g/mol. The second-order valence-electron chi connectivity index (χ2n) is 4.09. The lowest BCUT2D eigenvalue weighted by atomic mass is 10.2. The molecule has 0 spiro atoms. The molecule has 1 rings (SSSR count). The predicted molar refractivity (Wildman–Crippen MR) is 71.4 cm³/mol. The highest BCUT2D eigenvalue weighted by Crippen LogP contribution is 2.12. The van der Waals surface area contributed by atoms with Crippen LogP contribution < -0.4 is 0 Å². The van der Waals surface area contributed by atoms with Crippen LogP contribution in [0.2, 0.25) is 0 Å². The van der Waals surface area contributed by atoms with Gasteiger partial charge in [0.15, 0.2) is 0 Å². The lowest BCUT2D eigenvalue weighted by Gasteiger charge is -2.00. The van der Waals surface area contributed by atoms with Crippen LogP contribution in [0.15, 0.2) is 29.2 Å². The Kier molecular flexibility index (Phi) is 5.73. The molecule has 0 aromatic heterocycles. The van der Waals surface area contributed by atoms with Crippen LogP contribution in [0.5, 0.6) is 0 Å². The Morgan fingerprint density at radius 3 is 2.44 bits per heavy atom. The van der Waals surface area contributed by atoms with Gasteiger partial charge in [-0.25, -0.2) is 0 Å². The Labute approximate surface area is 109 Å². The van der Waals surface area contributed by atoms with Gasteiger partial charge >= 0.3 is 10.1 Å². The average molecular weight is 266 g/mol. The summed E-state index contributed by atoms with van der Waals surface area (Å²) in [5.74, 6) is 2.71. The maximum atomic E-state index is 11.7. The molecule has 4 heteroatoms. The van der Waals surface area contributed by atoms with Gasteiger partial charge in [-0.3, -0.25) is 0 Å². The van der Waals surface area contributed by atoms with Crippen LogP contribution in [0.1, 0.15) is 38.2 Å². The summed E-state index contributed by atoms with van der Waals surface area (Å²) in [5.41, 5.74) is 1.000. The van der Waals surface area contributed by atoms with Gasteiger partial charge in [-0.15, -0.1) is 0 Å². The fourth-order valence-corrected chi connectivity index (χ4v) is 2.09. The van der Waals surface area contributed by atoms with E-state index in [1.807, 2.05) is 6.92 Å². The molecule has 0 N–H and O–H groups in total. The fourth-order valence-electron chi connectivity index (χ4n) is 1.35. The van der Waals surface area contributed by atoms with Crippen molar-refractivity contribution in [3.8, 4) is 12.0 Å². The summed E-state index contributed by atoms with van der Waals surface area (Å²) >= 11 is 0. The van der Waals surface area contributed by atoms with E-state index in [1.165, 1.54) is 12.1 Å². The van der Waals surface area contributed by atoms with Gasteiger partial charge in [0.1, 0.15) is 11.0 Å². The summed E-state index contributed by atoms with van der Waals surface area (Å²) in [6.07, 6.45) is 6.11. The Balaban J connectivity index is 2.57. The number of hydrogen-bond acceptors (Lipinski definition) is 3. The minimum absolute atomic E-state index is 0.135. The molecular formula is C14H18O3S. The monoisotopic (exact) mass is 266 g/mol. The first-order valence-electron chi connectivity index (χ1n) is 6.04. The van der Waals surface area contributed by atoms with Gasteiger partial charge in [-0.1, -0.05) is 43.4 Å². The maximum absolute atomic E-state index is 11.7. The van der Waals surface area contributed by atoms with Crippen molar-refractivity contribution in [1.29, 1.82) is 0 Å². The third-order valence-electron chi connectivity index (χ3n) is 2.44. The molecule has 0 fully saturated rings. The highest BCUT2D eigenvalue weighted by molar-refractivity contribution is 7.86. The Morgan fingerprint density at radius 1 is 1.17 bits per heavy atom. The fraction of sp³-hybridized carbons (Fsp3) is 0.429. The van der Waals surface area contributed by atoms with E-state index in [0.717, 1.165) is 24.8 Å². The molecule has 0 radical (unpaired) electrons. The molecule has 1 aromatic carbocycles. The summed E-state index contributed by atoms with van der Waals surface area (Å²) in [7, 11) is -3.74. The third kappa shape index (κ3) is 4.80. The Hall–Kier alpha value is -1.47. The van der Waals surface area contributed by atoms with Crippen molar-refractivity contribution in [2.75, 3.05) is 0 Å². The smallest absolute Gasteiger partial charge is 0.324 e. The largest absolute Gasteiger partial charge is 0.347 e. The molecule has 98 valence electrons. The minimum Gasteiger partial charge on any atom is -0.324 e. The van der Waals surface area contributed by atoms with Crippen LogP contribution in [-0.4, -0.2) is 8.42 Å². The first kappa shape index (κ1) is 14.6. The summed E-state index contributed by atoms with van der Waals surface area (Å²) in [5, 5.41) is 0. The van der Waals surface area contributed by atoms with E-state index < -0.39 is 10.1 Å². The van der Waals surface area contributed by atoms with E-state index in [0.29, 0.717) is 6.42 Å². The first-order valence-corrected chi connectivity index (χ1v) is 7.45. The summed E-state index contributed by atoms with van der Waals surface area (Å²) in [6.45, 7) is 4.00. The second-order valence-corrected chi connectivity index (χ2v) is 5.63. The van der Waals surface area contributed by atoms with Crippen LogP contribution in [-0.2, 0) is 14.3 Å². The van der Waals surface area contributed by atoms with Crippen LogP contribution >= 0.6 is 0 Å². The topological polar surface area (TPSA) is 43.4 Å². The number of aryl methyl sites for hydroxylation is 1. The Morgan fingerprint density at radius 2 is 1.83 bits per heavy atom. The molecule has 0 amide bonds. The molecule has 0 atom stereocenters. The minimum atomic E-state index is -3.74. The van der Waals surface area contributed by atoms with Crippen molar-refractivity contribution in [2.45, 2.75) is 44.4 Å². The zero-order valence-corrected chi connectivity index (χ0v) is 11.6. The van der Waals surface area contributed by atoms with Gasteiger partial charge in [0.05, 0.1) is 0 Å². The zero-order chi connectivity index (χ0) is 13.4. The molecule has 0 saturated carbocycles. The van der Waals surface area contributed by atoms with Crippen LogP contribution in [0, 0.1) is 19.0 Å². The molecule has 3 nitrogen and oxygen atoms in total. The Bertz CT molecular complexity index is 518. The van der Waals surface area contributed by atoms with Gasteiger partial charge in [-0.2, -0.15) is 8.42 Å². The van der Waals surface area contributed by atoms with Gasteiger partial charge in [0.2, 0.25) is 0 Å². The van der Waals surface area contributed by atoms with Crippen molar-refractivity contribution in [2.24, 2.45) is 0 Å². The zero-order valence-electron chi connectivity index (χ0n) is 10.8. The van der Waals surface area contributed by atoms with E-state index in [-0.39, 0.29) is 4.90 Å². The standard InChI is InChI=1S/C14H18O3S/c1-3-4-5-6-7-12-17-18(15,16)14-10-8-13(2)9-11-14/h8-11H,3-6H2,1-2H3. The molecule has 0 unspecified atom stereocenters. The normalized spacial score (nSPS) is 10.6. The summed E-state index contributed by atoms with van der Waals surface area (Å²) in [4.78, 5) is 0.135. The van der Waals surface area contributed by atoms with Gasteiger partial charge in [0.25, 0.3) is 0 Å². The van der Waals surface area contributed by atoms with E-state index >= 15 is 0 Å². The molecule has 0 saturated heterocycles. The average Bonchev–Trinajstić information content (AvgIpc) is 2.34. The third-order valence-corrected chi connectivity index (χ3v) is 3.59. The van der Waals surface area contributed by atoms with Crippen LogP contribution in [0.3, 0.4) is 0 Å². The molecule has 0 bridgehead atoms. The van der Waals surface area contributed by atoms with Gasteiger partial charge in [-0.05, 0) is 25.5 Å². The number of unbranched alkanes of at least 4 members (excludes halogenated alkanes) is 3. The van der Waals surface area contributed by atoms with E-state index in [4.69, 9.17) is 0 Å². The SMILES string of the molecule is CCCCCC#COS(=O)(=O)c1ccc(C)cc1. The molecule has 18 heavy (non-hydrogen) atoms. The van der Waals surface area contributed by atoms with E-state index in [1.54, 1.807) is 12.1 Å². The number of rotatable bonds is 5. The van der Waals surface area contributed by atoms with Crippen molar-refractivity contribution >= 4 is 10.1 Å². The highest BCUT2D eigenvalue weighted by atomic mass is 32.2. The molecule has 0 aliphatic rings. The second kappa shape index (κ2) is 7.07. The lowest BCUT2D eigenvalue weighted by molar-refractivity contribution is 0.465. The summed E-state index contributed by atoms with van der Waals surface area (Å²) < 4.78 is 28.1. The van der Waals surface area contributed by atoms with Crippen LogP contribution in [0.25, 0.3) is 0 Å². The van der Waals surface area contributed by atoms with E-state index in [9.17, 15) is 8.42 Å². The lowest BCUT2D eigenvalue weighted by Crippen LogP contribution is -2.02. The predicted octanol–water partition coefficient (Wildman–Crippen LogP) is 3.24.